The van der Waals surface area contributed by atoms with Gasteiger partial charge in [0, 0.05) is 49.2 Å². The van der Waals surface area contributed by atoms with Crippen molar-refractivity contribution < 1.29 is 8.83 Å². The van der Waals surface area contributed by atoms with Gasteiger partial charge >= 0.3 is 0 Å². The summed E-state index contributed by atoms with van der Waals surface area (Å²) in [6.07, 6.45) is -0.461. The summed E-state index contributed by atoms with van der Waals surface area (Å²) < 4.78 is 13.2. The fourth-order valence-corrected chi connectivity index (χ4v) is 8.63. The van der Waals surface area contributed by atoms with Gasteiger partial charge in [-0.1, -0.05) is 140 Å². The Morgan fingerprint density at radius 2 is 1.14 bits per heavy atom. The molecule has 6 heteroatoms. The van der Waals surface area contributed by atoms with Gasteiger partial charge in [-0.3, -0.25) is 0 Å². The molecule has 4 heterocycles. The molecule has 272 valence electrons. The SMILES string of the molecule is c1ccc(C2=NC(c3cccc4oc5ccccc5c34)NC(c3cc4ccccc4cc3-c3ccc(-c4ccccc4)c4oc5nc6ccccc6cc5c34)=N2)cc1. The van der Waals surface area contributed by atoms with Crippen LogP contribution in [0.2, 0.25) is 0 Å². The molecule has 1 N–H and O–H groups in total. The van der Waals surface area contributed by atoms with Crippen LogP contribution in [0.3, 0.4) is 0 Å². The Bertz CT molecular complexity index is 3490. The number of aliphatic imine (C=N–C) groups is 2. The first kappa shape index (κ1) is 32.4. The molecular formula is C52H32N4O2. The maximum Gasteiger partial charge on any atom is 0.227 e. The summed E-state index contributed by atoms with van der Waals surface area (Å²) in [6, 6.07) is 62.9. The molecule has 0 spiro atoms. The van der Waals surface area contributed by atoms with E-state index >= 15 is 0 Å². The van der Waals surface area contributed by atoms with E-state index in [1.807, 2.05) is 60.7 Å². The molecule has 1 aliphatic rings. The number of nitrogens with one attached hydrogen (secondary N) is 1. The first-order valence-corrected chi connectivity index (χ1v) is 19.5. The van der Waals surface area contributed by atoms with Gasteiger partial charge in [0.15, 0.2) is 5.84 Å². The zero-order valence-corrected chi connectivity index (χ0v) is 31.1. The average molecular weight is 745 g/mol. The van der Waals surface area contributed by atoms with E-state index in [2.05, 4.69) is 127 Å². The van der Waals surface area contributed by atoms with E-state index in [0.717, 1.165) is 105 Å². The standard InChI is InChI=1S/C52H32N4O2/c1-3-14-31(15-4-1)36-26-27-37(47-42-30-35-20-9-11-23-43(35)53-52(42)58-48(36)47)40-28-33-18-7-8-19-34(33)29-41(40)51-55-49(32-16-5-2-6-17-32)54-50(56-51)39-22-13-25-45-46(39)38-21-10-12-24-44(38)57-45/h1-30,50H,(H,54,55,56). The lowest BCUT2D eigenvalue weighted by Crippen LogP contribution is -2.34. The number of amidine groups is 2. The van der Waals surface area contributed by atoms with Crippen LogP contribution in [0, 0.1) is 0 Å². The lowest BCUT2D eigenvalue weighted by atomic mass is 9.90. The van der Waals surface area contributed by atoms with Gasteiger partial charge in [-0.25, -0.2) is 15.0 Å². The molecule has 8 aromatic carbocycles. The minimum atomic E-state index is -0.461. The monoisotopic (exact) mass is 744 g/mol. The van der Waals surface area contributed by atoms with Gasteiger partial charge in [-0.05, 0) is 69.9 Å². The van der Waals surface area contributed by atoms with Crippen LogP contribution in [-0.4, -0.2) is 16.7 Å². The van der Waals surface area contributed by atoms with E-state index in [9.17, 15) is 0 Å². The highest BCUT2D eigenvalue weighted by Crippen LogP contribution is 2.44. The third-order valence-corrected chi connectivity index (χ3v) is 11.3. The van der Waals surface area contributed by atoms with Crippen molar-refractivity contribution in [2.45, 2.75) is 6.17 Å². The van der Waals surface area contributed by atoms with Crippen LogP contribution >= 0.6 is 0 Å². The van der Waals surface area contributed by atoms with Gasteiger partial charge in [0.2, 0.25) is 5.71 Å². The molecule has 12 rings (SSSR count). The molecule has 11 aromatic rings. The number of fused-ring (bicyclic) bond motifs is 8. The molecule has 0 saturated heterocycles. The normalized spacial score (nSPS) is 14.4. The summed E-state index contributed by atoms with van der Waals surface area (Å²) in [7, 11) is 0. The fraction of sp³-hybridized carbons (Fsp3) is 0.0192. The number of furan rings is 2. The molecule has 6 nitrogen and oxygen atoms in total. The zero-order chi connectivity index (χ0) is 38.2. The second-order valence-electron chi connectivity index (χ2n) is 14.8. The molecule has 0 radical (unpaired) electrons. The minimum absolute atomic E-state index is 0.461. The van der Waals surface area contributed by atoms with E-state index in [1.54, 1.807) is 0 Å². The first-order valence-electron chi connectivity index (χ1n) is 19.5. The van der Waals surface area contributed by atoms with Crippen molar-refractivity contribution in [3.63, 3.8) is 0 Å². The Kier molecular flexibility index (Phi) is 7.19. The van der Waals surface area contributed by atoms with E-state index in [4.69, 9.17) is 23.8 Å². The lowest BCUT2D eigenvalue weighted by Gasteiger charge is -2.26. The molecule has 3 aromatic heterocycles. The van der Waals surface area contributed by atoms with E-state index in [1.165, 1.54) is 0 Å². The smallest absolute Gasteiger partial charge is 0.227 e. The molecule has 0 bridgehead atoms. The summed E-state index contributed by atoms with van der Waals surface area (Å²) in [5.41, 5.74) is 11.0. The van der Waals surface area contributed by atoms with E-state index in [-0.39, 0.29) is 0 Å². The van der Waals surface area contributed by atoms with Gasteiger partial charge in [-0.15, -0.1) is 0 Å². The van der Waals surface area contributed by atoms with Crippen molar-refractivity contribution in [1.82, 2.24) is 10.3 Å². The molecule has 58 heavy (non-hydrogen) atoms. The molecule has 0 saturated carbocycles. The quantitative estimate of drug-likeness (QED) is 0.190. The summed E-state index contributed by atoms with van der Waals surface area (Å²) in [6.45, 7) is 0. The van der Waals surface area contributed by atoms with Gasteiger partial charge in [0.25, 0.3) is 0 Å². The Labute approximate surface area is 332 Å². The van der Waals surface area contributed by atoms with Crippen LogP contribution < -0.4 is 5.32 Å². The fourth-order valence-electron chi connectivity index (χ4n) is 8.63. The van der Waals surface area contributed by atoms with Crippen LogP contribution in [0.25, 0.3) is 87.9 Å². The number of nitrogens with zero attached hydrogens (tertiary/aromatic N) is 3. The predicted molar refractivity (Wildman–Crippen MR) is 237 cm³/mol. The van der Waals surface area contributed by atoms with Crippen LogP contribution in [0.5, 0.6) is 0 Å². The first-order chi connectivity index (χ1) is 28.7. The van der Waals surface area contributed by atoms with Gasteiger partial charge in [0.05, 0.1) is 5.52 Å². The number of benzene rings is 8. The second kappa shape index (κ2) is 12.9. The van der Waals surface area contributed by atoms with E-state index in [0.29, 0.717) is 11.5 Å². The maximum atomic E-state index is 6.81. The van der Waals surface area contributed by atoms with Crippen molar-refractivity contribution >= 4 is 77.4 Å². The molecule has 1 unspecified atom stereocenters. The average Bonchev–Trinajstić information content (AvgIpc) is 3.86. The van der Waals surface area contributed by atoms with Crippen molar-refractivity contribution in [3.8, 4) is 22.3 Å². The Balaban J connectivity index is 1.13. The minimum Gasteiger partial charge on any atom is -0.456 e. The molecule has 1 aliphatic heterocycles. The number of pyridine rings is 1. The van der Waals surface area contributed by atoms with Crippen LogP contribution in [-0.2, 0) is 0 Å². The maximum absolute atomic E-state index is 6.81. The number of hydrogen-bond acceptors (Lipinski definition) is 6. The predicted octanol–water partition coefficient (Wildman–Crippen LogP) is 13.0. The molecule has 0 fully saturated rings. The summed E-state index contributed by atoms with van der Waals surface area (Å²) >= 11 is 0. The number of hydrogen-bond donors (Lipinski definition) is 1. The highest BCUT2D eigenvalue weighted by atomic mass is 16.3. The Morgan fingerprint density at radius 1 is 0.466 bits per heavy atom. The van der Waals surface area contributed by atoms with Gasteiger partial charge in [-0.2, -0.15) is 0 Å². The molecular weight excluding hydrogens is 713 g/mol. The van der Waals surface area contributed by atoms with Crippen molar-refractivity contribution in [3.05, 3.63) is 199 Å². The Hall–Kier alpha value is -7.83. The van der Waals surface area contributed by atoms with Crippen molar-refractivity contribution in [1.29, 1.82) is 0 Å². The number of rotatable bonds is 5. The van der Waals surface area contributed by atoms with Crippen LogP contribution in [0.1, 0.15) is 22.9 Å². The van der Waals surface area contributed by atoms with Crippen LogP contribution in [0.15, 0.2) is 201 Å². The molecule has 1 atom stereocenters. The second-order valence-corrected chi connectivity index (χ2v) is 14.8. The third-order valence-electron chi connectivity index (χ3n) is 11.3. The zero-order valence-electron chi connectivity index (χ0n) is 31.1. The van der Waals surface area contributed by atoms with Gasteiger partial charge in [0.1, 0.15) is 28.8 Å². The largest absolute Gasteiger partial charge is 0.456 e. The highest BCUT2D eigenvalue weighted by molar-refractivity contribution is 6.22. The summed E-state index contributed by atoms with van der Waals surface area (Å²) in [4.78, 5) is 15.7. The molecule has 0 amide bonds. The highest BCUT2D eigenvalue weighted by Gasteiger charge is 2.28. The van der Waals surface area contributed by atoms with E-state index < -0.39 is 6.17 Å². The van der Waals surface area contributed by atoms with Gasteiger partial charge < -0.3 is 14.2 Å². The summed E-state index contributed by atoms with van der Waals surface area (Å²) in [5, 5.41) is 11.2. The third kappa shape index (κ3) is 5.16. The van der Waals surface area contributed by atoms with Crippen LogP contribution in [0.4, 0.5) is 0 Å². The topological polar surface area (TPSA) is 75.9 Å². The lowest BCUT2D eigenvalue weighted by molar-refractivity contribution is 0.657. The number of aromatic nitrogens is 1. The number of para-hydroxylation sites is 2. The van der Waals surface area contributed by atoms with Crippen molar-refractivity contribution in [2.75, 3.05) is 0 Å². The van der Waals surface area contributed by atoms with Crippen molar-refractivity contribution in [2.24, 2.45) is 9.98 Å². The molecule has 0 aliphatic carbocycles. The summed E-state index contributed by atoms with van der Waals surface area (Å²) in [5.74, 6) is 1.37. The Morgan fingerprint density at radius 3 is 1.97 bits per heavy atom.